The van der Waals surface area contributed by atoms with Gasteiger partial charge in [-0.25, -0.2) is 0 Å². The molecule has 108 valence electrons. The molecule has 1 fully saturated rings. The van der Waals surface area contributed by atoms with Crippen LogP contribution in [0.2, 0.25) is 0 Å². The van der Waals surface area contributed by atoms with E-state index in [0.29, 0.717) is 13.1 Å². The highest BCUT2D eigenvalue weighted by molar-refractivity contribution is 5.96. The third-order valence-corrected chi connectivity index (χ3v) is 3.73. The SMILES string of the molecule is C[C@@H]1CN(C(=O)c2ccc3c(c2)NCCN3)C[C@H](C)O1. The van der Waals surface area contributed by atoms with E-state index in [-0.39, 0.29) is 18.1 Å². The van der Waals surface area contributed by atoms with E-state index in [9.17, 15) is 4.79 Å². The van der Waals surface area contributed by atoms with Gasteiger partial charge in [0.1, 0.15) is 0 Å². The van der Waals surface area contributed by atoms with Crippen molar-refractivity contribution in [3.8, 4) is 0 Å². The number of nitrogens with zero attached hydrogens (tertiary/aromatic N) is 1. The highest BCUT2D eigenvalue weighted by Gasteiger charge is 2.27. The highest BCUT2D eigenvalue weighted by atomic mass is 16.5. The molecule has 3 rings (SSSR count). The Bertz CT molecular complexity index is 508. The van der Waals surface area contributed by atoms with E-state index in [1.165, 1.54) is 0 Å². The van der Waals surface area contributed by atoms with Crippen molar-refractivity contribution in [2.45, 2.75) is 26.1 Å². The van der Waals surface area contributed by atoms with Crippen LogP contribution in [0.5, 0.6) is 0 Å². The minimum Gasteiger partial charge on any atom is -0.382 e. The van der Waals surface area contributed by atoms with E-state index >= 15 is 0 Å². The molecule has 2 aliphatic heterocycles. The average molecular weight is 275 g/mol. The summed E-state index contributed by atoms with van der Waals surface area (Å²) in [4.78, 5) is 14.5. The zero-order chi connectivity index (χ0) is 14.1. The molecule has 0 radical (unpaired) electrons. The minimum atomic E-state index is 0.0853. The Morgan fingerprint density at radius 1 is 1.15 bits per heavy atom. The Kier molecular flexibility index (Phi) is 3.53. The molecule has 1 aromatic carbocycles. The molecule has 20 heavy (non-hydrogen) atoms. The van der Waals surface area contributed by atoms with E-state index in [0.717, 1.165) is 30.0 Å². The van der Waals surface area contributed by atoms with Gasteiger partial charge >= 0.3 is 0 Å². The Morgan fingerprint density at radius 2 is 1.80 bits per heavy atom. The summed E-state index contributed by atoms with van der Waals surface area (Å²) in [5.74, 6) is 0.0853. The number of carbonyl (C=O) groups is 1. The number of carbonyl (C=O) groups excluding carboxylic acids is 1. The summed E-state index contributed by atoms with van der Waals surface area (Å²) in [5.41, 5.74) is 2.81. The maximum atomic E-state index is 12.6. The first kappa shape index (κ1) is 13.2. The van der Waals surface area contributed by atoms with Crippen LogP contribution in [0.25, 0.3) is 0 Å². The standard InChI is InChI=1S/C15H21N3O2/c1-10-8-18(9-11(2)20-10)15(19)12-3-4-13-14(7-12)17-6-5-16-13/h3-4,7,10-11,16-17H,5-6,8-9H2,1-2H3/t10-,11+. The number of rotatable bonds is 1. The van der Waals surface area contributed by atoms with Crippen molar-refractivity contribution in [1.82, 2.24) is 4.90 Å². The van der Waals surface area contributed by atoms with Gasteiger partial charge in [0.25, 0.3) is 5.91 Å². The number of nitrogens with one attached hydrogen (secondary N) is 2. The molecule has 2 heterocycles. The maximum absolute atomic E-state index is 12.6. The lowest BCUT2D eigenvalue weighted by Crippen LogP contribution is -2.48. The van der Waals surface area contributed by atoms with E-state index < -0.39 is 0 Å². The van der Waals surface area contributed by atoms with Crippen LogP contribution in [0.1, 0.15) is 24.2 Å². The monoisotopic (exact) mass is 275 g/mol. The lowest BCUT2D eigenvalue weighted by atomic mass is 10.1. The van der Waals surface area contributed by atoms with Crippen molar-refractivity contribution < 1.29 is 9.53 Å². The largest absolute Gasteiger partial charge is 0.382 e. The van der Waals surface area contributed by atoms with Gasteiger partial charge in [-0.1, -0.05) is 0 Å². The number of hydrogen-bond acceptors (Lipinski definition) is 4. The quantitative estimate of drug-likeness (QED) is 0.820. The van der Waals surface area contributed by atoms with Crippen molar-refractivity contribution >= 4 is 17.3 Å². The maximum Gasteiger partial charge on any atom is 0.254 e. The molecule has 1 aromatic rings. The fraction of sp³-hybridized carbons (Fsp3) is 0.533. The van der Waals surface area contributed by atoms with Gasteiger partial charge in [-0.15, -0.1) is 0 Å². The van der Waals surface area contributed by atoms with Crippen LogP contribution in [-0.4, -0.2) is 49.2 Å². The van der Waals surface area contributed by atoms with Crippen LogP contribution >= 0.6 is 0 Å². The predicted octanol–water partition coefficient (Wildman–Crippen LogP) is 1.77. The zero-order valence-corrected chi connectivity index (χ0v) is 12.0. The molecule has 2 aliphatic rings. The summed E-state index contributed by atoms with van der Waals surface area (Å²) in [7, 11) is 0. The van der Waals surface area contributed by atoms with Gasteiger partial charge in [-0.05, 0) is 32.0 Å². The van der Waals surface area contributed by atoms with Crippen molar-refractivity contribution in [1.29, 1.82) is 0 Å². The van der Waals surface area contributed by atoms with Crippen LogP contribution in [-0.2, 0) is 4.74 Å². The second kappa shape index (κ2) is 5.32. The first-order chi connectivity index (χ1) is 9.63. The molecule has 1 amide bonds. The molecule has 0 saturated carbocycles. The fourth-order valence-corrected chi connectivity index (χ4v) is 2.90. The van der Waals surface area contributed by atoms with E-state index in [1.54, 1.807) is 0 Å². The van der Waals surface area contributed by atoms with Gasteiger partial charge in [0, 0.05) is 31.7 Å². The number of amides is 1. The van der Waals surface area contributed by atoms with Crippen molar-refractivity contribution in [2.24, 2.45) is 0 Å². The summed E-state index contributed by atoms with van der Waals surface area (Å²) >= 11 is 0. The molecular weight excluding hydrogens is 254 g/mol. The van der Waals surface area contributed by atoms with Crippen LogP contribution in [0.3, 0.4) is 0 Å². The molecule has 0 unspecified atom stereocenters. The van der Waals surface area contributed by atoms with Gasteiger partial charge in [-0.2, -0.15) is 0 Å². The van der Waals surface area contributed by atoms with Crippen LogP contribution < -0.4 is 10.6 Å². The third-order valence-electron chi connectivity index (χ3n) is 3.73. The van der Waals surface area contributed by atoms with Gasteiger partial charge < -0.3 is 20.3 Å². The predicted molar refractivity (Wildman–Crippen MR) is 79.3 cm³/mol. The minimum absolute atomic E-state index is 0.0853. The number of hydrogen-bond donors (Lipinski definition) is 2. The van der Waals surface area contributed by atoms with E-state index in [1.807, 2.05) is 36.9 Å². The molecule has 0 spiro atoms. The van der Waals surface area contributed by atoms with Gasteiger partial charge in [-0.3, -0.25) is 4.79 Å². The molecule has 2 atom stereocenters. The van der Waals surface area contributed by atoms with Crippen molar-refractivity contribution in [3.63, 3.8) is 0 Å². The van der Waals surface area contributed by atoms with Crippen LogP contribution in [0, 0.1) is 0 Å². The Balaban J connectivity index is 1.79. The number of benzene rings is 1. The van der Waals surface area contributed by atoms with E-state index in [2.05, 4.69) is 10.6 Å². The molecule has 0 bridgehead atoms. The Morgan fingerprint density at radius 3 is 2.50 bits per heavy atom. The number of ether oxygens (including phenoxy) is 1. The summed E-state index contributed by atoms with van der Waals surface area (Å²) < 4.78 is 5.68. The Labute approximate surface area is 119 Å². The first-order valence-corrected chi connectivity index (χ1v) is 7.20. The molecule has 2 N–H and O–H groups in total. The number of fused-ring (bicyclic) bond motifs is 1. The normalized spacial score (nSPS) is 25.4. The topological polar surface area (TPSA) is 53.6 Å². The van der Waals surface area contributed by atoms with Crippen LogP contribution in [0.4, 0.5) is 11.4 Å². The molecule has 5 nitrogen and oxygen atoms in total. The summed E-state index contributed by atoms with van der Waals surface area (Å²) in [6.45, 7) is 7.13. The first-order valence-electron chi connectivity index (χ1n) is 7.20. The lowest BCUT2D eigenvalue weighted by molar-refractivity contribution is -0.0586. The molecular formula is C15H21N3O2. The fourth-order valence-electron chi connectivity index (χ4n) is 2.90. The van der Waals surface area contributed by atoms with Gasteiger partial charge in [0.15, 0.2) is 0 Å². The second-order valence-corrected chi connectivity index (χ2v) is 5.58. The number of anilines is 2. The van der Waals surface area contributed by atoms with Gasteiger partial charge in [0.2, 0.25) is 0 Å². The lowest BCUT2D eigenvalue weighted by Gasteiger charge is -2.35. The second-order valence-electron chi connectivity index (χ2n) is 5.58. The molecule has 0 aliphatic carbocycles. The third kappa shape index (κ3) is 2.58. The summed E-state index contributed by atoms with van der Waals surface area (Å²) in [6, 6.07) is 5.81. The Hall–Kier alpha value is -1.75. The zero-order valence-electron chi connectivity index (χ0n) is 12.0. The van der Waals surface area contributed by atoms with Crippen molar-refractivity contribution in [3.05, 3.63) is 23.8 Å². The van der Waals surface area contributed by atoms with Crippen LogP contribution in [0.15, 0.2) is 18.2 Å². The smallest absolute Gasteiger partial charge is 0.254 e. The number of morpholine rings is 1. The molecule has 1 saturated heterocycles. The average Bonchev–Trinajstić information content (AvgIpc) is 2.45. The molecule has 5 heteroatoms. The summed E-state index contributed by atoms with van der Waals surface area (Å²) in [6.07, 6.45) is 0.195. The van der Waals surface area contributed by atoms with E-state index in [4.69, 9.17) is 4.74 Å². The summed E-state index contributed by atoms with van der Waals surface area (Å²) in [5, 5.41) is 6.64. The van der Waals surface area contributed by atoms with Crippen molar-refractivity contribution in [2.75, 3.05) is 36.8 Å². The molecule has 0 aromatic heterocycles. The van der Waals surface area contributed by atoms with Gasteiger partial charge in [0.05, 0.1) is 23.6 Å². The highest BCUT2D eigenvalue weighted by Crippen LogP contribution is 2.26.